The Balaban J connectivity index is 2.72. The Kier molecular flexibility index (Phi) is 4.13. The van der Waals surface area contributed by atoms with Gasteiger partial charge in [0, 0.05) is 12.5 Å². The van der Waals surface area contributed by atoms with Crippen LogP contribution in [0.25, 0.3) is 0 Å². The van der Waals surface area contributed by atoms with Gasteiger partial charge >= 0.3 is 0 Å². The molecule has 78 valence electrons. The Morgan fingerprint density at radius 3 is 2.79 bits per heavy atom. The summed E-state index contributed by atoms with van der Waals surface area (Å²) in [7, 11) is 0. The first-order valence-corrected chi connectivity index (χ1v) is 4.87. The summed E-state index contributed by atoms with van der Waals surface area (Å²) in [6, 6.07) is 2.60. The Morgan fingerprint density at radius 1 is 1.43 bits per heavy atom. The van der Waals surface area contributed by atoms with E-state index in [2.05, 4.69) is 15.9 Å². The molecule has 0 aliphatic rings. The van der Waals surface area contributed by atoms with Crippen molar-refractivity contribution < 1.29 is 13.5 Å². The Hall–Kier alpha value is -0.840. The van der Waals surface area contributed by atoms with Gasteiger partial charge in [-0.1, -0.05) is 0 Å². The third kappa shape index (κ3) is 2.83. The maximum Gasteiger partial charge on any atom is 0.145 e. The lowest BCUT2D eigenvalue weighted by molar-refractivity contribution is 0.290. The summed E-state index contributed by atoms with van der Waals surface area (Å²) < 4.78 is 30.1. The summed E-state index contributed by atoms with van der Waals surface area (Å²) in [5.41, 5.74) is 5.89. The van der Waals surface area contributed by atoms with Crippen molar-refractivity contribution >= 4 is 21.6 Å². The van der Waals surface area contributed by atoms with Crippen LogP contribution in [0.4, 0.5) is 14.5 Å². The van der Waals surface area contributed by atoms with Gasteiger partial charge in [-0.25, -0.2) is 4.39 Å². The Labute approximate surface area is 89.2 Å². The summed E-state index contributed by atoms with van der Waals surface area (Å²) in [4.78, 5) is 0. The fourth-order valence-electron chi connectivity index (χ4n) is 0.906. The highest BCUT2D eigenvalue weighted by molar-refractivity contribution is 9.10. The van der Waals surface area contributed by atoms with E-state index in [1.807, 2.05) is 0 Å². The minimum atomic E-state index is -0.459. The zero-order valence-electron chi connectivity index (χ0n) is 7.40. The molecule has 2 nitrogen and oxygen atoms in total. The number of alkyl halides is 1. The molecule has 0 amide bonds. The molecule has 2 N–H and O–H groups in total. The quantitative estimate of drug-likeness (QED) is 0.671. The van der Waals surface area contributed by atoms with Crippen LogP contribution in [0.2, 0.25) is 0 Å². The van der Waals surface area contributed by atoms with Gasteiger partial charge in [0.25, 0.3) is 0 Å². The fraction of sp³-hybridized carbons (Fsp3) is 0.333. The lowest BCUT2D eigenvalue weighted by Crippen LogP contribution is -2.01. The van der Waals surface area contributed by atoms with Crippen molar-refractivity contribution in [3.8, 4) is 5.75 Å². The number of nitrogens with two attached hydrogens (primary N) is 1. The molecular formula is C9H10BrF2NO. The molecule has 1 rings (SSSR count). The number of benzene rings is 1. The highest BCUT2D eigenvalue weighted by atomic mass is 79.9. The number of nitrogen functional groups attached to an aromatic ring is 1. The van der Waals surface area contributed by atoms with E-state index < -0.39 is 12.5 Å². The summed E-state index contributed by atoms with van der Waals surface area (Å²) in [6.45, 7) is -0.263. The molecule has 1 aromatic carbocycles. The van der Waals surface area contributed by atoms with Gasteiger partial charge in [0.05, 0.1) is 23.4 Å². The fourth-order valence-corrected chi connectivity index (χ4v) is 1.27. The van der Waals surface area contributed by atoms with Crippen LogP contribution in [0.15, 0.2) is 16.6 Å². The lowest BCUT2D eigenvalue weighted by atomic mass is 10.3. The minimum absolute atomic E-state index is 0.196. The van der Waals surface area contributed by atoms with Gasteiger partial charge in [0.15, 0.2) is 0 Å². The van der Waals surface area contributed by atoms with Gasteiger partial charge in [0.1, 0.15) is 11.6 Å². The summed E-state index contributed by atoms with van der Waals surface area (Å²) in [5, 5.41) is 0. The van der Waals surface area contributed by atoms with E-state index >= 15 is 0 Å². The second-order valence-corrected chi connectivity index (χ2v) is 3.55. The van der Waals surface area contributed by atoms with E-state index in [1.165, 1.54) is 12.1 Å². The molecule has 0 fully saturated rings. The molecule has 0 spiro atoms. The third-order valence-corrected chi connectivity index (χ3v) is 2.20. The predicted octanol–water partition coefficient (Wildman–Crippen LogP) is 2.91. The van der Waals surface area contributed by atoms with Crippen molar-refractivity contribution in [2.45, 2.75) is 6.42 Å². The monoisotopic (exact) mass is 265 g/mol. The van der Waals surface area contributed by atoms with E-state index in [0.717, 1.165) is 0 Å². The number of anilines is 1. The molecule has 1 aromatic rings. The average Bonchev–Trinajstić information content (AvgIpc) is 2.14. The van der Waals surface area contributed by atoms with Gasteiger partial charge in [-0.05, 0) is 22.0 Å². The van der Waals surface area contributed by atoms with Crippen molar-refractivity contribution in [2.75, 3.05) is 19.0 Å². The highest BCUT2D eigenvalue weighted by Gasteiger charge is 2.06. The summed E-state index contributed by atoms with van der Waals surface area (Å²) in [6.07, 6.45) is 0.275. The van der Waals surface area contributed by atoms with Gasteiger partial charge in [-0.3, -0.25) is 4.39 Å². The van der Waals surface area contributed by atoms with Crippen LogP contribution in [0, 0.1) is 5.82 Å². The molecule has 5 heteroatoms. The van der Waals surface area contributed by atoms with Gasteiger partial charge < -0.3 is 10.5 Å². The van der Waals surface area contributed by atoms with Crippen LogP contribution in [0.3, 0.4) is 0 Å². The Morgan fingerprint density at radius 2 is 2.14 bits per heavy atom. The van der Waals surface area contributed by atoms with E-state index in [-0.39, 0.29) is 23.2 Å². The number of halogens is 3. The molecule has 0 unspecified atom stereocenters. The topological polar surface area (TPSA) is 35.2 Å². The smallest absolute Gasteiger partial charge is 0.145 e. The van der Waals surface area contributed by atoms with E-state index in [1.54, 1.807) is 0 Å². The molecule has 0 radical (unpaired) electrons. The summed E-state index contributed by atoms with van der Waals surface area (Å²) in [5.74, 6) is -0.200. The molecular weight excluding hydrogens is 256 g/mol. The van der Waals surface area contributed by atoms with E-state index in [9.17, 15) is 8.78 Å². The first kappa shape index (κ1) is 11.2. The second kappa shape index (κ2) is 5.14. The largest absolute Gasteiger partial charge is 0.491 e. The third-order valence-electron chi connectivity index (χ3n) is 1.59. The molecule has 0 aliphatic heterocycles. The standard InChI is InChI=1S/C9H10BrF2NO/c10-6-4-8(13)9(5-7(6)12)14-3-1-2-11/h4-5H,1-3,13H2. The maximum absolute atomic E-state index is 13.0. The normalized spacial score (nSPS) is 10.2. The average molecular weight is 266 g/mol. The number of ether oxygens (including phenoxy) is 1. The lowest BCUT2D eigenvalue weighted by Gasteiger charge is -2.08. The van der Waals surface area contributed by atoms with Crippen LogP contribution in [-0.4, -0.2) is 13.3 Å². The number of hydrogen-bond acceptors (Lipinski definition) is 2. The number of hydrogen-bond donors (Lipinski definition) is 1. The molecule has 0 heterocycles. The van der Waals surface area contributed by atoms with Crippen molar-refractivity contribution in [1.82, 2.24) is 0 Å². The second-order valence-electron chi connectivity index (χ2n) is 2.70. The molecule has 0 saturated carbocycles. The molecule has 0 bridgehead atoms. The van der Waals surface area contributed by atoms with E-state index in [0.29, 0.717) is 5.69 Å². The molecule has 0 atom stereocenters. The molecule has 14 heavy (non-hydrogen) atoms. The van der Waals surface area contributed by atoms with Gasteiger partial charge in [-0.2, -0.15) is 0 Å². The molecule has 0 aliphatic carbocycles. The van der Waals surface area contributed by atoms with Crippen LogP contribution >= 0.6 is 15.9 Å². The summed E-state index contributed by atoms with van der Waals surface area (Å²) >= 11 is 2.99. The van der Waals surface area contributed by atoms with Gasteiger partial charge in [0.2, 0.25) is 0 Å². The predicted molar refractivity (Wildman–Crippen MR) is 54.6 cm³/mol. The number of rotatable bonds is 4. The van der Waals surface area contributed by atoms with Crippen LogP contribution in [0.5, 0.6) is 5.75 Å². The van der Waals surface area contributed by atoms with Crippen LogP contribution in [-0.2, 0) is 0 Å². The van der Waals surface area contributed by atoms with Gasteiger partial charge in [-0.15, -0.1) is 0 Å². The first-order valence-electron chi connectivity index (χ1n) is 4.08. The highest BCUT2D eigenvalue weighted by Crippen LogP contribution is 2.28. The molecule has 0 saturated heterocycles. The van der Waals surface area contributed by atoms with Crippen molar-refractivity contribution in [3.63, 3.8) is 0 Å². The molecule has 0 aromatic heterocycles. The van der Waals surface area contributed by atoms with Crippen LogP contribution in [0.1, 0.15) is 6.42 Å². The zero-order chi connectivity index (χ0) is 10.6. The van der Waals surface area contributed by atoms with E-state index in [4.69, 9.17) is 10.5 Å². The van der Waals surface area contributed by atoms with Crippen molar-refractivity contribution in [2.24, 2.45) is 0 Å². The zero-order valence-corrected chi connectivity index (χ0v) is 8.98. The van der Waals surface area contributed by atoms with Crippen molar-refractivity contribution in [3.05, 3.63) is 22.4 Å². The maximum atomic E-state index is 13.0. The van der Waals surface area contributed by atoms with Crippen molar-refractivity contribution in [1.29, 1.82) is 0 Å². The SMILES string of the molecule is Nc1cc(Br)c(F)cc1OCCCF. The Bertz CT molecular complexity index is 320. The first-order chi connectivity index (χ1) is 6.65. The van der Waals surface area contributed by atoms with Crippen LogP contribution < -0.4 is 10.5 Å². The minimum Gasteiger partial charge on any atom is -0.491 e.